The number of methoxy groups -OCH3 is 1. The van der Waals surface area contributed by atoms with Gasteiger partial charge in [-0.05, 0) is 35.2 Å². The van der Waals surface area contributed by atoms with Gasteiger partial charge in [-0.2, -0.15) is 4.39 Å². The molecule has 3 aromatic carbocycles. The highest BCUT2D eigenvalue weighted by Crippen LogP contribution is 2.34. The van der Waals surface area contributed by atoms with Crippen molar-refractivity contribution in [2.24, 2.45) is 0 Å². The van der Waals surface area contributed by atoms with E-state index in [1.807, 2.05) is 6.92 Å². The molecule has 174 valence electrons. The molecule has 0 unspecified atom stereocenters. The van der Waals surface area contributed by atoms with Crippen molar-refractivity contribution in [1.29, 1.82) is 0 Å². The molecule has 0 spiro atoms. The molecular weight excluding hydrogens is 436 g/mol. The Morgan fingerprint density at radius 1 is 0.758 bits per heavy atom. The highest BCUT2D eigenvalue weighted by atomic mass is 19.2. The number of benzene rings is 3. The Morgan fingerprint density at radius 2 is 1.30 bits per heavy atom. The van der Waals surface area contributed by atoms with Crippen molar-refractivity contribution in [3.63, 3.8) is 0 Å². The summed E-state index contributed by atoms with van der Waals surface area (Å²) in [6.07, 6.45) is 1.36. The normalized spacial score (nSPS) is 18.4. The minimum atomic E-state index is -1.08. The topological polar surface area (TPSA) is 27.7 Å². The summed E-state index contributed by atoms with van der Waals surface area (Å²) >= 11 is 0. The van der Waals surface area contributed by atoms with Gasteiger partial charge in [0, 0.05) is 17.0 Å². The third kappa shape index (κ3) is 4.61. The first-order valence-corrected chi connectivity index (χ1v) is 10.8. The van der Waals surface area contributed by atoms with Crippen LogP contribution < -0.4 is 4.74 Å². The molecule has 0 amide bonds. The van der Waals surface area contributed by atoms with Gasteiger partial charge in [0.1, 0.15) is 0 Å². The summed E-state index contributed by atoms with van der Waals surface area (Å²) in [5.41, 5.74) is 1.13. The number of halogens is 4. The molecule has 1 aliphatic heterocycles. The van der Waals surface area contributed by atoms with Crippen molar-refractivity contribution in [2.75, 3.05) is 20.3 Å². The van der Waals surface area contributed by atoms with E-state index in [9.17, 15) is 17.6 Å². The molecule has 1 aliphatic rings. The Hall–Kier alpha value is -2.90. The summed E-state index contributed by atoms with van der Waals surface area (Å²) in [6.45, 7) is 2.54. The van der Waals surface area contributed by atoms with Crippen LogP contribution >= 0.6 is 0 Å². The van der Waals surface area contributed by atoms with Crippen LogP contribution in [0.4, 0.5) is 17.6 Å². The van der Waals surface area contributed by atoms with E-state index in [4.69, 9.17) is 14.2 Å². The van der Waals surface area contributed by atoms with Crippen molar-refractivity contribution < 1.29 is 31.8 Å². The largest absolute Gasteiger partial charge is 0.494 e. The molecular formula is C26H24F4O3. The van der Waals surface area contributed by atoms with Gasteiger partial charge in [0.15, 0.2) is 29.5 Å². The summed E-state index contributed by atoms with van der Waals surface area (Å²) in [5.74, 6) is -4.62. The number of hydrogen-bond donors (Lipinski definition) is 0. The molecule has 33 heavy (non-hydrogen) atoms. The average Bonchev–Trinajstić information content (AvgIpc) is 2.84. The van der Waals surface area contributed by atoms with E-state index in [-0.39, 0.29) is 41.9 Å². The first kappa shape index (κ1) is 23.3. The molecule has 0 atom stereocenters. The molecule has 3 aromatic rings. The molecule has 7 heteroatoms. The van der Waals surface area contributed by atoms with Gasteiger partial charge < -0.3 is 14.2 Å². The summed E-state index contributed by atoms with van der Waals surface area (Å²) in [7, 11) is 1.25. The maximum atomic E-state index is 14.9. The van der Waals surface area contributed by atoms with Crippen LogP contribution in [0, 0.1) is 23.3 Å². The third-order valence-corrected chi connectivity index (χ3v) is 5.82. The van der Waals surface area contributed by atoms with E-state index < -0.39 is 29.2 Å². The van der Waals surface area contributed by atoms with E-state index in [0.29, 0.717) is 11.1 Å². The van der Waals surface area contributed by atoms with Crippen molar-refractivity contribution in [1.82, 2.24) is 0 Å². The van der Waals surface area contributed by atoms with Gasteiger partial charge in [-0.1, -0.05) is 49.7 Å². The Kier molecular flexibility index (Phi) is 7.00. The van der Waals surface area contributed by atoms with E-state index >= 15 is 0 Å². The summed E-state index contributed by atoms with van der Waals surface area (Å²) < 4.78 is 74.2. The maximum absolute atomic E-state index is 14.9. The Morgan fingerprint density at radius 3 is 1.85 bits per heavy atom. The second kappa shape index (κ2) is 9.93. The molecule has 1 heterocycles. The van der Waals surface area contributed by atoms with Crippen LogP contribution in [-0.4, -0.2) is 26.6 Å². The zero-order valence-corrected chi connectivity index (χ0v) is 18.3. The molecule has 4 rings (SSSR count). The average molecular weight is 460 g/mol. The lowest BCUT2D eigenvalue weighted by molar-refractivity contribution is -0.190. The Bertz CT molecular complexity index is 1120. The third-order valence-electron chi connectivity index (χ3n) is 5.82. The second-order valence-electron chi connectivity index (χ2n) is 7.93. The molecule has 0 bridgehead atoms. The number of hydrogen-bond acceptors (Lipinski definition) is 3. The van der Waals surface area contributed by atoms with Gasteiger partial charge >= 0.3 is 0 Å². The predicted octanol–water partition coefficient (Wildman–Crippen LogP) is 6.84. The van der Waals surface area contributed by atoms with E-state index in [2.05, 4.69) is 0 Å². The number of rotatable bonds is 6. The molecule has 3 nitrogen and oxygen atoms in total. The van der Waals surface area contributed by atoms with Crippen molar-refractivity contribution in [3.05, 3.63) is 77.4 Å². The standard InChI is InChI=1S/C26H24F4O3/c1-3-4-22-32-13-17(14-33-22)20-10-9-18(23(27)24(20)28)15-5-7-16(8-6-15)19-11-12-21(31-2)26(30)25(19)29/h5-12,17,22H,3-4,13-14H2,1-2H3. The second-order valence-corrected chi connectivity index (χ2v) is 7.93. The summed E-state index contributed by atoms with van der Waals surface area (Å²) in [6, 6.07) is 11.9. The van der Waals surface area contributed by atoms with E-state index in [0.717, 1.165) is 12.8 Å². The zero-order valence-electron chi connectivity index (χ0n) is 18.3. The first-order chi connectivity index (χ1) is 15.9. The van der Waals surface area contributed by atoms with Gasteiger partial charge in [-0.25, -0.2) is 13.2 Å². The van der Waals surface area contributed by atoms with Gasteiger partial charge in [0.05, 0.1) is 20.3 Å². The molecule has 0 radical (unpaired) electrons. The molecule has 0 aliphatic carbocycles. The molecule has 1 saturated heterocycles. The van der Waals surface area contributed by atoms with Crippen LogP contribution in [-0.2, 0) is 9.47 Å². The lowest BCUT2D eigenvalue weighted by Gasteiger charge is -2.29. The van der Waals surface area contributed by atoms with Gasteiger partial charge in [-0.3, -0.25) is 0 Å². The minimum Gasteiger partial charge on any atom is -0.494 e. The Balaban J connectivity index is 1.57. The van der Waals surface area contributed by atoms with Crippen LogP contribution in [0.1, 0.15) is 31.2 Å². The molecule has 0 N–H and O–H groups in total. The predicted molar refractivity (Wildman–Crippen MR) is 117 cm³/mol. The van der Waals surface area contributed by atoms with E-state index in [1.165, 1.54) is 55.6 Å². The molecule has 1 fully saturated rings. The van der Waals surface area contributed by atoms with Gasteiger partial charge in [-0.15, -0.1) is 0 Å². The fraction of sp³-hybridized carbons (Fsp3) is 0.308. The lowest BCUT2D eigenvalue weighted by Crippen LogP contribution is -2.31. The smallest absolute Gasteiger partial charge is 0.201 e. The Labute approximate surface area is 189 Å². The fourth-order valence-corrected chi connectivity index (χ4v) is 3.97. The van der Waals surface area contributed by atoms with Crippen molar-refractivity contribution >= 4 is 0 Å². The minimum absolute atomic E-state index is 0.0422. The van der Waals surface area contributed by atoms with Crippen LogP contribution in [0.25, 0.3) is 22.3 Å². The van der Waals surface area contributed by atoms with Crippen LogP contribution in [0.5, 0.6) is 5.75 Å². The summed E-state index contributed by atoms with van der Waals surface area (Å²) in [5, 5.41) is 0. The van der Waals surface area contributed by atoms with E-state index in [1.54, 1.807) is 0 Å². The zero-order chi connectivity index (χ0) is 23.5. The van der Waals surface area contributed by atoms with Crippen molar-refractivity contribution in [2.45, 2.75) is 32.0 Å². The maximum Gasteiger partial charge on any atom is 0.201 e. The molecule has 0 aromatic heterocycles. The highest BCUT2D eigenvalue weighted by Gasteiger charge is 2.27. The van der Waals surface area contributed by atoms with Crippen LogP contribution in [0.3, 0.4) is 0 Å². The van der Waals surface area contributed by atoms with Crippen molar-refractivity contribution in [3.8, 4) is 28.0 Å². The van der Waals surface area contributed by atoms with Gasteiger partial charge in [0.2, 0.25) is 5.82 Å². The van der Waals surface area contributed by atoms with Crippen LogP contribution in [0.2, 0.25) is 0 Å². The van der Waals surface area contributed by atoms with Gasteiger partial charge in [0.25, 0.3) is 0 Å². The quantitative estimate of drug-likeness (QED) is 0.377. The highest BCUT2D eigenvalue weighted by molar-refractivity contribution is 5.71. The molecule has 0 saturated carbocycles. The first-order valence-electron chi connectivity index (χ1n) is 10.8. The van der Waals surface area contributed by atoms with Crippen LogP contribution in [0.15, 0.2) is 48.5 Å². The number of ether oxygens (including phenoxy) is 3. The monoisotopic (exact) mass is 460 g/mol. The fourth-order valence-electron chi connectivity index (χ4n) is 3.97. The lowest BCUT2D eigenvalue weighted by atomic mass is 9.94. The summed E-state index contributed by atoms with van der Waals surface area (Å²) in [4.78, 5) is 0. The SMILES string of the molecule is CCCC1OCC(c2ccc(-c3ccc(-c4ccc(OC)c(F)c4F)cc3)c(F)c2F)CO1.